The number of fused-ring (bicyclic) bond motifs is 4. The van der Waals surface area contributed by atoms with Gasteiger partial charge in [0, 0.05) is 38.4 Å². The molecule has 0 spiro atoms. The molecular formula is C29H40N4O5S. The van der Waals surface area contributed by atoms with Gasteiger partial charge in [0.1, 0.15) is 0 Å². The van der Waals surface area contributed by atoms with Crippen molar-refractivity contribution in [3.8, 4) is 11.1 Å². The van der Waals surface area contributed by atoms with Gasteiger partial charge in [-0.2, -0.15) is 0 Å². The van der Waals surface area contributed by atoms with Crippen molar-refractivity contribution < 1.29 is 24.2 Å². The number of rotatable bonds is 5. The molecule has 4 rings (SSSR count). The van der Waals surface area contributed by atoms with Gasteiger partial charge in [-0.25, -0.2) is 4.79 Å². The zero-order valence-corrected chi connectivity index (χ0v) is 23.7. The number of hydrogen-bond donors (Lipinski definition) is 5. The fourth-order valence-corrected chi connectivity index (χ4v) is 6.70. The van der Waals surface area contributed by atoms with Gasteiger partial charge in [0.15, 0.2) is 0 Å². The molecule has 1 aromatic carbocycles. The molecule has 1 fully saturated rings. The van der Waals surface area contributed by atoms with Crippen LogP contribution in [0.5, 0.6) is 0 Å². The van der Waals surface area contributed by atoms with E-state index in [1.807, 2.05) is 19.1 Å². The SMILES string of the molecule is COC(=O)Nc1ccc2c(c1)NC(=O)[C@H](C)CCC[C@H](NC(=O)C1CCC(CN)CC1)c1cc-2c(C(C)O)s1. The molecule has 1 unspecified atom stereocenters. The first kappa shape index (κ1) is 29.0. The molecule has 3 atom stereocenters. The number of hydrogen-bond acceptors (Lipinski definition) is 7. The Kier molecular flexibility index (Phi) is 9.63. The Morgan fingerprint density at radius 1 is 1.15 bits per heavy atom. The van der Waals surface area contributed by atoms with Crippen LogP contribution in [-0.2, 0) is 14.3 Å². The number of carbonyl (C=O) groups excluding carboxylic acids is 3. The number of ether oxygens (including phenoxy) is 1. The van der Waals surface area contributed by atoms with Gasteiger partial charge in [-0.05, 0) is 76.1 Å². The third-order valence-electron chi connectivity index (χ3n) is 7.95. The van der Waals surface area contributed by atoms with Gasteiger partial charge in [0.25, 0.3) is 0 Å². The zero-order valence-electron chi connectivity index (χ0n) is 22.9. The average molecular weight is 557 g/mol. The summed E-state index contributed by atoms with van der Waals surface area (Å²) in [5, 5.41) is 19.7. The lowest BCUT2D eigenvalue weighted by molar-refractivity contribution is -0.127. The lowest BCUT2D eigenvalue weighted by atomic mass is 9.81. The lowest BCUT2D eigenvalue weighted by Crippen LogP contribution is -2.36. The number of thiophene rings is 1. The van der Waals surface area contributed by atoms with Crippen LogP contribution in [0.3, 0.4) is 0 Å². The summed E-state index contributed by atoms with van der Waals surface area (Å²) in [5.74, 6) is 0.178. The Morgan fingerprint density at radius 3 is 2.56 bits per heavy atom. The van der Waals surface area contributed by atoms with Crippen molar-refractivity contribution in [3.05, 3.63) is 34.0 Å². The number of methoxy groups -OCH3 is 1. The third kappa shape index (κ3) is 6.98. The van der Waals surface area contributed by atoms with Gasteiger partial charge in [-0.1, -0.05) is 19.4 Å². The van der Waals surface area contributed by atoms with Crippen molar-refractivity contribution in [3.63, 3.8) is 0 Å². The van der Waals surface area contributed by atoms with Gasteiger partial charge in [-0.3, -0.25) is 14.9 Å². The largest absolute Gasteiger partial charge is 0.453 e. The fraction of sp³-hybridized carbons (Fsp3) is 0.552. The topological polar surface area (TPSA) is 143 Å². The van der Waals surface area contributed by atoms with Crippen LogP contribution in [0, 0.1) is 17.8 Å². The first-order valence-electron chi connectivity index (χ1n) is 13.8. The van der Waals surface area contributed by atoms with Gasteiger partial charge >= 0.3 is 6.09 Å². The van der Waals surface area contributed by atoms with E-state index in [0.717, 1.165) is 53.0 Å². The summed E-state index contributed by atoms with van der Waals surface area (Å²) >= 11 is 1.49. The molecule has 2 aromatic rings. The van der Waals surface area contributed by atoms with Gasteiger partial charge in [0.05, 0.1) is 24.9 Å². The standard InChI is InChI=1S/C29H40N4O5S/c1-16-5-4-6-23(32-28(36)19-9-7-18(15-30)8-10-19)25-14-22(26(39-25)17(2)34)21-12-11-20(31-29(37)38-3)13-24(21)33-27(16)35/h11-14,16-19,23,34H,4-10,15,30H2,1-3H3,(H,31,37)(H,32,36)(H,33,35)/t16-,17?,18?,19?,23+/m1/s1. The van der Waals surface area contributed by atoms with Gasteiger partial charge in [0.2, 0.25) is 11.8 Å². The van der Waals surface area contributed by atoms with E-state index >= 15 is 0 Å². The molecule has 39 heavy (non-hydrogen) atoms. The summed E-state index contributed by atoms with van der Waals surface area (Å²) in [7, 11) is 1.29. The quantitative estimate of drug-likeness (QED) is 0.337. The maximum atomic E-state index is 13.3. The molecule has 10 heteroatoms. The van der Waals surface area contributed by atoms with Crippen molar-refractivity contribution in [2.24, 2.45) is 23.5 Å². The first-order chi connectivity index (χ1) is 18.7. The second kappa shape index (κ2) is 12.9. The summed E-state index contributed by atoms with van der Waals surface area (Å²) in [6.07, 6.45) is 4.42. The molecule has 9 nitrogen and oxygen atoms in total. The molecule has 2 heterocycles. The highest BCUT2D eigenvalue weighted by Crippen LogP contribution is 2.43. The Hall–Kier alpha value is -2.95. The highest BCUT2D eigenvalue weighted by molar-refractivity contribution is 7.12. The molecule has 0 radical (unpaired) electrons. The van der Waals surface area contributed by atoms with Crippen LogP contribution in [-0.4, -0.2) is 36.7 Å². The number of anilines is 2. The minimum atomic E-state index is -0.748. The van der Waals surface area contributed by atoms with Crippen LogP contribution < -0.4 is 21.7 Å². The van der Waals surface area contributed by atoms with E-state index in [0.29, 0.717) is 36.7 Å². The minimum absolute atomic E-state index is 0.0176. The van der Waals surface area contributed by atoms with E-state index in [2.05, 4.69) is 16.0 Å². The molecule has 212 valence electrons. The molecular weight excluding hydrogens is 516 g/mol. The summed E-state index contributed by atoms with van der Waals surface area (Å²) in [6.45, 7) is 4.28. The monoisotopic (exact) mass is 556 g/mol. The average Bonchev–Trinajstić information content (AvgIpc) is 3.37. The third-order valence-corrected chi connectivity index (χ3v) is 9.37. The highest BCUT2D eigenvalue weighted by Gasteiger charge is 2.30. The number of benzene rings is 1. The maximum absolute atomic E-state index is 13.3. The van der Waals surface area contributed by atoms with E-state index in [9.17, 15) is 19.5 Å². The molecule has 1 aromatic heterocycles. The fourth-order valence-electron chi connectivity index (χ4n) is 5.50. The number of aliphatic hydroxyl groups is 1. The molecule has 6 N–H and O–H groups in total. The van der Waals surface area contributed by atoms with Crippen LogP contribution in [0.1, 0.15) is 80.7 Å². The summed E-state index contributed by atoms with van der Waals surface area (Å²) in [4.78, 5) is 40.0. The van der Waals surface area contributed by atoms with Crippen molar-refractivity contribution >= 4 is 40.6 Å². The summed E-state index contributed by atoms with van der Waals surface area (Å²) in [6, 6.07) is 7.06. The van der Waals surface area contributed by atoms with Gasteiger partial charge < -0.3 is 26.2 Å². The molecule has 2 bridgehead atoms. The summed E-state index contributed by atoms with van der Waals surface area (Å²) in [5.41, 5.74) is 8.37. The second-order valence-corrected chi connectivity index (χ2v) is 11.9. The molecule has 1 saturated carbocycles. The maximum Gasteiger partial charge on any atom is 0.411 e. The Bertz CT molecular complexity index is 1190. The highest BCUT2D eigenvalue weighted by atomic mass is 32.1. The first-order valence-corrected chi connectivity index (χ1v) is 14.6. The number of amides is 3. The normalized spacial score (nSPS) is 24.3. The molecule has 1 aliphatic carbocycles. The van der Waals surface area contributed by atoms with Crippen molar-refractivity contribution in [2.75, 3.05) is 24.3 Å². The lowest BCUT2D eigenvalue weighted by Gasteiger charge is -2.28. The van der Waals surface area contributed by atoms with Crippen molar-refractivity contribution in [1.29, 1.82) is 0 Å². The predicted molar refractivity (Wildman–Crippen MR) is 153 cm³/mol. The van der Waals surface area contributed by atoms with Crippen molar-refractivity contribution in [1.82, 2.24) is 5.32 Å². The smallest absolute Gasteiger partial charge is 0.411 e. The number of nitrogens with two attached hydrogens (primary N) is 1. The van der Waals surface area contributed by atoms with E-state index in [1.165, 1.54) is 18.4 Å². The van der Waals surface area contributed by atoms with E-state index < -0.39 is 12.2 Å². The Morgan fingerprint density at radius 2 is 1.90 bits per heavy atom. The van der Waals surface area contributed by atoms with E-state index in [1.54, 1.807) is 19.1 Å². The Balaban J connectivity index is 1.70. The van der Waals surface area contributed by atoms with Crippen LogP contribution in [0.2, 0.25) is 0 Å². The predicted octanol–water partition coefficient (Wildman–Crippen LogP) is 5.33. The molecule has 1 aliphatic heterocycles. The number of nitrogens with one attached hydrogen (secondary N) is 3. The van der Waals surface area contributed by atoms with Crippen LogP contribution in [0.15, 0.2) is 24.3 Å². The molecule has 3 amide bonds. The molecule has 0 saturated heterocycles. The van der Waals surface area contributed by atoms with E-state index in [-0.39, 0.29) is 29.7 Å². The Labute approximate surface area is 233 Å². The summed E-state index contributed by atoms with van der Waals surface area (Å²) < 4.78 is 4.71. The number of aliphatic hydroxyl groups excluding tert-OH is 1. The molecule has 2 aliphatic rings. The van der Waals surface area contributed by atoms with Crippen LogP contribution in [0.4, 0.5) is 16.2 Å². The van der Waals surface area contributed by atoms with Crippen LogP contribution in [0.25, 0.3) is 11.1 Å². The van der Waals surface area contributed by atoms with Crippen LogP contribution >= 0.6 is 11.3 Å². The zero-order chi connectivity index (χ0) is 28.1. The van der Waals surface area contributed by atoms with Gasteiger partial charge in [-0.15, -0.1) is 11.3 Å². The second-order valence-electron chi connectivity index (χ2n) is 10.8. The van der Waals surface area contributed by atoms with E-state index in [4.69, 9.17) is 10.5 Å². The number of carbonyl (C=O) groups is 3. The minimum Gasteiger partial charge on any atom is -0.453 e. The van der Waals surface area contributed by atoms with Crippen molar-refractivity contribution in [2.45, 2.75) is 70.9 Å².